The quantitative estimate of drug-likeness (QED) is 0.903. The highest BCUT2D eigenvalue weighted by Crippen LogP contribution is 2.39. The molecule has 0 bridgehead atoms. The number of piperidine rings is 1. The first kappa shape index (κ1) is 13.8. The molecular weight excluding hydrogens is 257 g/mol. The average molecular weight is 279 g/mol. The van der Waals surface area contributed by atoms with Gasteiger partial charge in [0.2, 0.25) is 0 Å². The van der Waals surface area contributed by atoms with Gasteiger partial charge in [0.25, 0.3) is 0 Å². The van der Waals surface area contributed by atoms with Crippen molar-refractivity contribution in [1.29, 1.82) is 0 Å². The van der Waals surface area contributed by atoms with Gasteiger partial charge < -0.3 is 9.84 Å². The summed E-state index contributed by atoms with van der Waals surface area (Å²) in [6, 6.07) is 4.94. The van der Waals surface area contributed by atoms with Crippen molar-refractivity contribution in [3.63, 3.8) is 0 Å². The molecule has 3 nitrogen and oxygen atoms in total. The fourth-order valence-corrected chi connectivity index (χ4v) is 3.58. The highest BCUT2D eigenvalue weighted by molar-refractivity contribution is 5.39. The molecule has 1 fully saturated rings. The van der Waals surface area contributed by atoms with E-state index in [1.165, 1.54) is 18.6 Å². The summed E-state index contributed by atoms with van der Waals surface area (Å²) >= 11 is 0. The number of aliphatic hydroxyl groups excluding tert-OH is 1. The highest BCUT2D eigenvalue weighted by Gasteiger charge is 2.38. The summed E-state index contributed by atoms with van der Waals surface area (Å²) in [6.07, 6.45) is 4.02. The molecule has 1 aromatic carbocycles. The fourth-order valence-electron chi connectivity index (χ4n) is 3.58. The summed E-state index contributed by atoms with van der Waals surface area (Å²) in [6.45, 7) is 3.44. The minimum Gasteiger partial charge on any atom is -0.490 e. The number of likely N-dealkylation sites (tertiary alicyclic amines) is 1. The van der Waals surface area contributed by atoms with Crippen molar-refractivity contribution >= 4 is 0 Å². The maximum Gasteiger partial charge on any atom is 0.124 e. The van der Waals surface area contributed by atoms with E-state index in [1.807, 2.05) is 0 Å². The molecule has 1 N–H and O–H groups in total. The molecule has 1 saturated heterocycles. The second-order valence-electron chi connectivity index (χ2n) is 5.80. The number of ether oxygens (including phenoxy) is 1. The smallest absolute Gasteiger partial charge is 0.124 e. The van der Waals surface area contributed by atoms with Crippen LogP contribution in [0.5, 0.6) is 5.75 Å². The molecule has 20 heavy (non-hydrogen) atoms. The molecule has 110 valence electrons. The van der Waals surface area contributed by atoms with E-state index >= 15 is 0 Å². The summed E-state index contributed by atoms with van der Waals surface area (Å²) in [5, 5.41) is 10.4. The lowest BCUT2D eigenvalue weighted by molar-refractivity contribution is -0.0292. The normalized spacial score (nSPS) is 30.6. The van der Waals surface area contributed by atoms with Crippen LogP contribution in [0.15, 0.2) is 18.2 Å². The molecule has 0 radical (unpaired) electrons. The van der Waals surface area contributed by atoms with Gasteiger partial charge in [-0.3, -0.25) is 4.90 Å². The Morgan fingerprint density at radius 3 is 3.05 bits per heavy atom. The molecule has 0 spiro atoms. The molecule has 2 aliphatic rings. The van der Waals surface area contributed by atoms with E-state index in [4.69, 9.17) is 4.74 Å². The largest absolute Gasteiger partial charge is 0.490 e. The Morgan fingerprint density at radius 1 is 1.40 bits per heavy atom. The molecule has 3 rings (SSSR count). The zero-order valence-corrected chi connectivity index (χ0v) is 11.9. The number of halogens is 1. The van der Waals surface area contributed by atoms with Gasteiger partial charge >= 0.3 is 0 Å². The third-order valence-corrected chi connectivity index (χ3v) is 4.57. The Morgan fingerprint density at radius 2 is 2.25 bits per heavy atom. The number of rotatable bonds is 2. The predicted octanol–water partition coefficient (Wildman–Crippen LogP) is 2.88. The van der Waals surface area contributed by atoms with E-state index in [0.717, 1.165) is 31.4 Å². The Labute approximate surface area is 119 Å². The SMILES string of the molecule is CCC1CCCCN1C1c2cc(F)ccc2OCC1O. The molecule has 3 unspecified atom stereocenters. The number of hydrogen-bond donors (Lipinski definition) is 1. The van der Waals surface area contributed by atoms with Crippen LogP contribution in [-0.4, -0.2) is 35.3 Å². The summed E-state index contributed by atoms with van der Waals surface area (Å²) in [7, 11) is 0. The fraction of sp³-hybridized carbons (Fsp3) is 0.625. The van der Waals surface area contributed by atoms with E-state index in [-0.39, 0.29) is 18.5 Å². The highest BCUT2D eigenvalue weighted by atomic mass is 19.1. The minimum atomic E-state index is -0.587. The van der Waals surface area contributed by atoms with Gasteiger partial charge in [-0.05, 0) is 44.0 Å². The number of benzene rings is 1. The van der Waals surface area contributed by atoms with E-state index in [2.05, 4.69) is 11.8 Å². The monoisotopic (exact) mass is 279 g/mol. The van der Waals surface area contributed by atoms with Crippen molar-refractivity contribution in [2.75, 3.05) is 13.2 Å². The van der Waals surface area contributed by atoms with Crippen LogP contribution in [-0.2, 0) is 0 Å². The summed E-state index contributed by atoms with van der Waals surface area (Å²) in [4.78, 5) is 2.36. The summed E-state index contributed by atoms with van der Waals surface area (Å²) < 4.78 is 19.1. The van der Waals surface area contributed by atoms with Crippen LogP contribution in [0.3, 0.4) is 0 Å². The molecule has 0 amide bonds. The summed E-state index contributed by atoms with van der Waals surface area (Å²) in [5.41, 5.74) is 0.795. The van der Waals surface area contributed by atoms with Gasteiger partial charge in [-0.15, -0.1) is 0 Å². The number of aliphatic hydroxyl groups is 1. The molecule has 3 atom stereocenters. The Kier molecular flexibility index (Phi) is 3.94. The maximum atomic E-state index is 13.6. The molecule has 1 aromatic rings. The second-order valence-corrected chi connectivity index (χ2v) is 5.80. The lowest BCUT2D eigenvalue weighted by Crippen LogP contribution is -2.48. The van der Waals surface area contributed by atoms with Crippen LogP contribution in [0.4, 0.5) is 4.39 Å². The van der Waals surface area contributed by atoms with Crippen LogP contribution in [0.2, 0.25) is 0 Å². The average Bonchev–Trinajstić information content (AvgIpc) is 2.47. The van der Waals surface area contributed by atoms with Crippen molar-refractivity contribution in [1.82, 2.24) is 4.90 Å². The van der Waals surface area contributed by atoms with Gasteiger partial charge in [-0.1, -0.05) is 13.3 Å². The lowest BCUT2D eigenvalue weighted by Gasteiger charge is -2.45. The molecule has 4 heteroatoms. The zero-order valence-electron chi connectivity index (χ0n) is 11.9. The van der Waals surface area contributed by atoms with Crippen molar-refractivity contribution in [3.8, 4) is 5.75 Å². The Hall–Kier alpha value is -1.13. The van der Waals surface area contributed by atoms with Crippen molar-refractivity contribution in [2.45, 2.75) is 50.8 Å². The van der Waals surface area contributed by atoms with Gasteiger partial charge in [0.05, 0.1) is 6.04 Å². The number of nitrogens with zero attached hydrogens (tertiary/aromatic N) is 1. The summed E-state index contributed by atoms with van der Waals surface area (Å²) in [5.74, 6) is 0.443. The van der Waals surface area contributed by atoms with E-state index in [0.29, 0.717) is 11.8 Å². The maximum absolute atomic E-state index is 13.6. The third-order valence-electron chi connectivity index (χ3n) is 4.57. The molecule has 0 aromatic heterocycles. The lowest BCUT2D eigenvalue weighted by atomic mass is 9.90. The van der Waals surface area contributed by atoms with Crippen LogP contribution in [0.25, 0.3) is 0 Å². The van der Waals surface area contributed by atoms with Gasteiger partial charge in [0, 0.05) is 11.6 Å². The van der Waals surface area contributed by atoms with Crippen LogP contribution >= 0.6 is 0 Å². The zero-order chi connectivity index (χ0) is 14.1. The molecule has 2 aliphatic heterocycles. The number of hydrogen-bond acceptors (Lipinski definition) is 3. The van der Waals surface area contributed by atoms with Crippen molar-refractivity contribution in [2.24, 2.45) is 0 Å². The van der Waals surface area contributed by atoms with Gasteiger partial charge in [0.1, 0.15) is 24.3 Å². The number of fused-ring (bicyclic) bond motifs is 1. The molecule has 2 heterocycles. The topological polar surface area (TPSA) is 32.7 Å². The first-order valence-corrected chi connectivity index (χ1v) is 7.56. The van der Waals surface area contributed by atoms with Crippen LogP contribution in [0.1, 0.15) is 44.2 Å². The van der Waals surface area contributed by atoms with Gasteiger partial charge in [0.15, 0.2) is 0 Å². The Bertz CT molecular complexity index is 480. The van der Waals surface area contributed by atoms with Crippen molar-refractivity contribution in [3.05, 3.63) is 29.6 Å². The predicted molar refractivity (Wildman–Crippen MR) is 75.3 cm³/mol. The van der Waals surface area contributed by atoms with Gasteiger partial charge in [-0.25, -0.2) is 4.39 Å². The minimum absolute atomic E-state index is 0.139. The molecular formula is C16H22FNO2. The second kappa shape index (κ2) is 5.70. The van der Waals surface area contributed by atoms with Gasteiger partial charge in [-0.2, -0.15) is 0 Å². The van der Waals surface area contributed by atoms with Crippen LogP contribution in [0, 0.1) is 5.82 Å². The van der Waals surface area contributed by atoms with E-state index in [9.17, 15) is 9.50 Å². The van der Waals surface area contributed by atoms with Crippen molar-refractivity contribution < 1.29 is 14.2 Å². The molecule has 0 aliphatic carbocycles. The Balaban J connectivity index is 1.97. The standard InChI is InChI=1S/C16H22FNO2/c1-2-12-5-3-4-8-18(12)16-13-9-11(17)6-7-15(13)20-10-14(16)19/h6-7,9,12,14,16,19H,2-5,8,10H2,1H3. The van der Waals surface area contributed by atoms with E-state index in [1.54, 1.807) is 6.07 Å². The molecule has 0 saturated carbocycles. The first-order valence-electron chi connectivity index (χ1n) is 7.56. The third kappa shape index (κ3) is 2.42. The first-order chi connectivity index (χ1) is 9.70. The van der Waals surface area contributed by atoms with E-state index < -0.39 is 6.10 Å². The van der Waals surface area contributed by atoms with Crippen LogP contribution < -0.4 is 4.74 Å².